The van der Waals surface area contributed by atoms with Gasteiger partial charge in [-0.1, -0.05) is 18.2 Å². The van der Waals surface area contributed by atoms with Crippen LogP contribution in [0.25, 0.3) is 10.1 Å². The van der Waals surface area contributed by atoms with Crippen LogP contribution in [0.4, 0.5) is 0 Å². The molecule has 0 radical (unpaired) electrons. The van der Waals surface area contributed by atoms with Crippen molar-refractivity contribution in [2.75, 3.05) is 0 Å². The summed E-state index contributed by atoms with van der Waals surface area (Å²) in [4.78, 5) is 1.19. The Kier molecular flexibility index (Phi) is 3.52. The number of halogens is 1. The first-order valence-electron chi connectivity index (χ1n) is 5.62. The summed E-state index contributed by atoms with van der Waals surface area (Å²) in [6, 6.07) is 10.3. The Morgan fingerprint density at radius 2 is 2.00 bits per heavy atom. The molecule has 0 aliphatic heterocycles. The van der Waals surface area contributed by atoms with Gasteiger partial charge in [0.15, 0.2) is 0 Å². The number of fused-ring (bicyclic) bond motifs is 1. The summed E-state index contributed by atoms with van der Waals surface area (Å²) in [7, 11) is 0. The summed E-state index contributed by atoms with van der Waals surface area (Å²) in [5, 5.41) is 15.7. The van der Waals surface area contributed by atoms with Crippen LogP contribution in [-0.2, 0) is 6.42 Å². The maximum atomic E-state index is 10.4. The molecule has 0 bridgehead atoms. The van der Waals surface area contributed by atoms with Gasteiger partial charge in [-0.2, -0.15) is 0 Å². The van der Waals surface area contributed by atoms with E-state index in [4.69, 9.17) is 0 Å². The quantitative estimate of drug-likeness (QED) is 0.712. The van der Waals surface area contributed by atoms with Crippen LogP contribution in [0.1, 0.15) is 16.5 Å². The Morgan fingerprint density at radius 3 is 2.78 bits per heavy atom. The first-order chi connectivity index (χ1) is 8.75. The van der Waals surface area contributed by atoms with Gasteiger partial charge in [-0.3, -0.25) is 0 Å². The van der Waals surface area contributed by atoms with Crippen molar-refractivity contribution in [1.29, 1.82) is 0 Å². The molecular weight excluding hydrogens is 328 g/mol. The van der Waals surface area contributed by atoms with Crippen LogP contribution in [0, 0.1) is 0 Å². The molecule has 3 rings (SSSR count). The second-order valence-electron chi connectivity index (χ2n) is 4.10. The second kappa shape index (κ2) is 5.13. The molecule has 1 N–H and O–H groups in total. The van der Waals surface area contributed by atoms with Crippen molar-refractivity contribution in [3.63, 3.8) is 0 Å². The fourth-order valence-corrected chi connectivity index (χ4v) is 4.57. The minimum atomic E-state index is -0.434. The summed E-state index contributed by atoms with van der Waals surface area (Å²) >= 11 is 6.88. The number of rotatable bonds is 3. The van der Waals surface area contributed by atoms with E-state index in [-0.39, 0.29) is 0 Å². The van der Waals surface area contributed by atoms with E-state index < -0.39 is 6.10 Å². The van der Waals surface area contributed by atoms with Gasteiger partial charge in [0, 0.05) is 20.5 Å². The van der Waals surface area contributed by atoms with Gasteiger partial charge >= 0.3 is 0 Å². The summed E-state index contributed by atoms with van der Waals surface area (Å²) in [6.07, 6.45) is 0.231. The Hall–Kier alpha value is -0.680. The Morgan fingerprint density at radius 1 is 1.17 bits per heavy atom. The normalized spacial score (nSPS) is 13.0. The van der Waals surface area contributed by atoms with E-state index in [1.54, 1.807) is 22.7 Å². The third kappa shape index (κ3) is 2.26. The number of hydrogen-bond donors (Lipinski definition) is 1. The molecule has 0 amide bonds. The minimum absolute atomic E-state index is 0.434. The number of aliphatic hydroxyl groups is 1. The average molecular weight is 339 g/mol. The van der Waals surface area contributed by atoms with Crippen molar-refractivity contribution in [3.05, 3.63) is 56.0 Å². The fraction of sp³-hybridized carbons (Fsp3) is 0.143. The molecule has 0 aliphatic carbocycles. The highest BCUT2D eigenvalue weighted by molar-refractivity contribution is 9.10. The molecule has 0 fully saturated rings. The molecule has 1 nitrogen and oxygen atoms in total. The fourth-order valence-electron chi connectivity index (χ4n) is 2.01. The van der Waals surface area contributed by atoms with Crippen LogP contribution in [-0.4, -0.2) is 5.11 Å². The zero-order valence-electron chi connectivity index (χ0n) is 9.47. The molecule has 18 heavy (non-hydrogen) atoms. The van der Waals surface area contributed by atoms with Crippen LogP contribution in [0.15, 0.2) is 45.6 Å². The molecule has 92 valence electrons. The van der Waals surface area contributed by atoms with E-state index in [1.165, 1.54) is 15.0 Å². The van der Waals surface area contributed by atoms with Crippen LogP contribution < -0.4 is 0 Å². The van der Waals surface area contributed by atoms with Crippen molar-refractivity contribution in [2.45, 2.75) is 12.5 Å². The largest absolute Gasteiger partial charge is 0.388 e. The highest BCUT2D eigenvalue weighted by atomic mass is 79.9. The van der Waals surface area contributed by atoms with E-state index in [2.05, 4.69) is 33.4 Å². The standard InChI is InChI=1S/C14H11BrOS2/c15-11-5-6-17-14(11)7-12(16)10-8-18-13-4-2-1-3-9(10)13/h1-6,8,12,16H,7H2. The summed E-state index contributed by atoms with van der Waals surface area (Å²) in [5.74, 6) is 0. The molecule has 0 saturated carbocycles. The molecule has 2 heterocycles. The van der Waals surface area contributed by atoms with Crippen molar-refractivity contribution in [2.24, 2.45) is 0 Å². The number of thiophene rings is 2. The zero-order valence-corrected chi connectivity index (χ0v) is 12.7. The molecule has 1 aromatic carbocycles. The maximum Gasteiger partial charge on any atom is 0.0852 e. The zero-order chi connectivity index (χ0) is 12.5. The molecule has 1 unspecified atom stereocenters. The van der Waals surface area contributed by atoms with Crippen molar-refractivity contribution in [3.8, 4) is 0 Å². The predicted molar refractivity (Wildman–Crippen MR) is 82.5 cm³/mol. The van der Waals surface area contributed by atoms with E-state index in [0.717, 1.165) is 10.0 Å². The minimum Gasteiger partial charge on any atom is -0.388 e. The smallest absolute Gasteiger partial charge is 0.0852 e. The van der Waals surface area contributed by atoms with E-state index in [0.29, 0.717) is 6.42 Å². The van der Waals surface area contributed by atoms with Gasteiger partial charge in [0.25, 0.3) is 0 Å². The second-order valence-corrected chi connectivity index (χ2v) is 6.87. The highest BCUT2D eigenvalue weighted by Gasteiger charge is 2.15. The van der Waals surface area contributed by atoms with Gasteiger partial charge in [-0.05, 0) is 49.8 Å². The van der Waals surface area contributed by atoms with Gasteiger partial charge in [0.05, 0.1) is 6.10 Å². The van der Waals surface area contributed by atoms with Gasteiger partial charge in [0.1, 0.15) is 0 Å². The molecule has 0 saturated heterocycles. The van der Waals surface area contributed by atoms with E-state index >= 15 is 0 Å². The summed E-state index contributed by atoms with van der Waals surface area (Å²) in [6.45, 7) is 0. The SMILES string of the molecule is OC(Cc1sccc1Br)c1csc2ccccc12. The predicted octanol–water partition coefficient (Wildman–Crippen LogP) is 5.00. The first-order valence-corrected chi connectivity index (χ1v) is 8.17. The number of hydrogen-bond acceptors (Lipinski definition) is 3. The van der Waals surface area contributed by atoms with Crippen LogP contribution in [0.2, 0.25) is 0 Å². The Bertz CT molecular complexity index is 671. The molecule has 0 aliphatic rings. The van der Waals surface area contributed by atoms with Gasteiger partial charge in [-0.25, -0.2) is 0 Å². The number of aliphatic hydroxyl groups excluding tert-OH is 1. The van der Waals surface area contributed by atoms with Crippen LogP contribution in [0.3, 0.4) is 0 Å². The third-order valence-electron chi connectivity index (χ3n) is 2.94. The van der Waals surface area contributed by atoms with Gasteiger partial charge < -0.3 is 5.11 Å². The first kappa shape index (κ1) is 12.4. The molecular formula is C14H11BrOS2. The van der Waals surface area contributed by atoms with Crippen molar-refractivity contribution >= 4 is 48.7 Å². The third-order valence-corrected chi connectivity index (χ3v) is 5.87. The van der Waals surface area contributed by atoms with Crippen LogP contribution >= 0.6 is 38.6 Å². The van der Waals surface area contributed by atoms with Crippen molar-refractivity contribution < 1.29 is 5.11 Å². The molecule has 4 heteroatoms. The summed E-state index contributed by atoms with van der Waals surface area (Å²) < 4.78 is 2.32. The lowest BCUT2D eigenvalue weighted by Crippen LogP contribution is -1.99. The van der Waals surface area contributed by atoms with Gasteiger partial charge in [0.2, 0.25) is 0 Å². The Balaban J connectivity index is 1.93. The summed E-state index contributed by atoms with van der Waals surface area (Å²) in [5.41, 5.74) is 1.04. The molecule has 0 spiro atoms. The lowest BCUT2D eigenvalue weighted by Gasteiger charge is -2.09. The van der Waals surface area contributed by atoms with E-state index in [9.17, 15) is 5.11 Å². The lowest BCUT2D eigenvalue weighted by atomic mass is 10.1. The van der Waals surface area contributed by atoms with E-state index in [1.807, 2.05) is 23.6 Å². The average Bonchev–Trinajstić information content (AvgIpc) is 2.96. The van der Waals surface area contributed by atoms with Gasteiger partial charge in [-0.15, -0.1) is 22.7 Å². The molecule has 1 atom stereocenters. The number of benzene rings is 1. The van der Waals surface area contributed by atoms with Crippen molar-refractivity contribution in [1.82, 2.24) is 0 Å². The molecule has 3 aromatic rings. The topological polar surface area (TPSA) is 20.2 Å². The maximum absolute atomic E-state index is 10.4. The molecule has 2 aromatic heterocycles. The lowest BCUT2D eigenvalue weighted by molar-refractivity contribution is 0.181. The van der Waals surface area contributed by atoms with Crippen LogP contribution in [0.5, 0.6) is 0 Å². The Labute approximate surface area is 122 Å². The highest BCUT2D eigenvalue weighted by Crippen LogP contribution is 2.34. The monoisotopic (exact) mass is 338 g/mol.